The van der Waals surface area contributed by atoms with Crippen molar-refractivity contribution >= 4 is 5.97 Å². The fourth-order valence-electron chi connectivity index (χ4n) is 1.96. The monoisotopic (exact) mass is 207 g/mol. The van der Waals surface area contributed by atoms with Gasteiger partial charge in [0.2, 0.25) is 0 Å². The number of aromatic hydroxyl groups is 1. The summed E-state index contributed by atoms with van der Waals surface area (Å²) in [6.45, 7) is 0.841. The van der Waals surface area contributed by atoms with E-state index in [1.807, 2.05) is 0 Å². The van der Waals surface area contributed by atoms with E-state index in [1.54, 1.807) is 24.3 Å². The molecule has 0 spiro atoms. The lowest BCUT2D eigenvalue weighted by atomic mass is 9.78. The van der Waals surface area contributed by atoms with Crippen LogP contribution in [0.3, 0.4) is 0 Å². The number of carbonyl (C=O) groups is 1. The van der Waals surface area contributed by atoms with E-state index >= 15 is 0 Å². The Bertz CT molecular complexity index is 368. The maximum absolute atomic E-state index is 10.8. The van der Waals surface area contributed by atoms with Crippen LogP contribution >= 0.6 is 0 Å². The van der Waals surface area contributed by atoms with Crippen molar-refractivity contribution in [3.05, 3.63) is 29.8 Å². The van der Waals surface area contributed by atoms with Crippen molar-refractivity contribution in [2.24, 2.45) is 0 Å². The molecule has 0 saturated carbocycles. The standard InChI is InChI=1S/C11H13NO3/c13-9-3-1-8(2-4-9)11(5-6-12-11)7-10(14)15/h1-4,12-13H,5-7H2,(H,14,15). The van der Waals surface area contributed by atoms with Crippen LogP contribution in [0.25, 0.3) is 0 Å². The second-order valence-corrected chi connectivity index (χ2v) is 3.88. The van der Waals surface area contributed by atoms with Gasteiger partial charge in [-0.2, -0.15) is 0 Å². The van der Waals surface area contributed by atoms with Gasteiger partial charge in [0.05, 0.1) is 12.0 Å². The molecule has 15 heavy (non-hydrogen) atoms. The predicted molar refractivity (Wildman–Crippen MR) is 54.7 cm³/mol. The highest BCUT2D eigenvalue weighted by atomic mass is 16.4. The number of carboxylic acids is 1. The summed E-state index contributed by atoms with van der Waals surface area (Å²) in [5, 5.41) is 21.2. The van der Waals surface area contributed by atoms with Crippen LogP contribution in [0.2, 0.25) is 0 Å². The molecule has 80 valence electrons. The molecule has 1 saturated heterocycles. The number of hydrogen-bond donors (Lipinski definition) is 3. The molecule has 4 heteroatoms. The molecular formula is C11H13NO3. The Morgan fingerprint density at radius 1 is 1.40 bits per heavy atom. The minimum atomic E-state index is -0.810. The van der Waals surface area contributed by atoms with Crippen LogP contribution in [-0.2, 0) is 10.3 Å². The van der Waals surface area contributed by atoms with Crippen LogP contribution < -0.4 is 5.32 Å². The van der Waals surface area contributed by atoms with E-state index in [0.717, 1.165) is 18.5 Å². The third-order valence-corrected chi connectivity index (χ3v) is 2.89. The molecule has 1 aliphatic heterocycles. The van der Waals surface area contributed by atoms with Crippen LogP contribution in [0.5, 0.6) is 5.75 Å². The highest BCUT2D eigenvalue weighted by Crippen LogP contribution is 2.35. The van der Waals surface area contributed by atoms with Crippen molar-refractivity contribution in [2.45, 2.75) is 18.4 Å². The van der Waals surface area contributed by atoms with Crippen molar-refractivity contribution in [3.8, 4) is 5.75 Å². The summed E-state index contributed by atoms with van der Waals surface area (Å²) in [6, 6.07) is 6.70. The van der Waals surface area contributed by atoms with Gasteiger partial charge < -0.3 is 15.5 Å². The predicted octanol–water partition coefficient (Wildman–Crippen LogP) is 1.06. The first-order valence-corrected chi connectivity index (χ1v) is 4.89. The Hall–Kier alpha value is -1.55. The summed E-state index contributed by atoms with van der Waals surface area (Å²) in [7, 11) is 0. The second-order valence-electron chi connectivity index (χ2n) is 3.88. The molecule has 0 amide bonds. The third kappa shape index (κ3) is 1.80. The molecule has 1 aliphatic rings. The van der Waals surface area contributed by atoms with Crippen LogP contribution in [0.1, 0.15) is 18.4 Å². The van der Waals surface area contributed by atoms with Crippen molar-refractivity contribution < 1.29 is 15.0 Å². The molecule has 1 unspecified atom stereocenters. The summed E-state index contributed by atoms with van der Waals surface area (Å²) < 4.78 is 0. The molecule has 1 fully saturated rings. The van der Waals surface area contributed by atoms with Gasteiger partial charge in [-0.25, -0.2) is 0 Å². The maximum atomic E-state index is 10.8. The molecular weight excluding hydrogens is 194 g/mol. The smallest absolute Gasteiger partial charge is 0.305 e. The lowest BCUT2D eigenvalue weighted by Gasteiger charge is -2.42. The number of nitrogens with one attached hydrogen (secondary N) is 1. The summed E-state index contributed by atoms with van der Waals surface area (Å²) in [5.41, 5.74) is 0.494. The minimum absolute atomic E-state index is 0.0811. The van der Waals surface area contributed by atoms with Gasteiger partial charge in [0.1, 0.15) is 5.75 Å². The number of phenolic OH excluding ortho intramolecular Hbond substituents is 1. The van der Waals surface area contributed by atoms with E-state index in [1.165, 1.54) is 0 Å². The van der Waals surface area contributed by atoms with Crippen LogP contribution in [0.15, 0.2) is 24.3 Å². The Labute approximate surface area is 87.6 Å². The van der Waals surface area contributed by atoms with Crippen molar-refractivity contribution in [3.63, 3.8) is 0 Å². The van der Waals surface area contributed by atoms with Gasteiger partial charge in [0.25, 0.3) is 0 Å². The van der Waals surface area contributed by atoms with Gasteiger partial charge in [-0.1, -0.05) is 12.1 Å². The second kappa shape index (κ2) is 3.55. The average Bonchev–Trinajstić information content (AvgIpc) is 2.13. The Morgan fingerprint density at radius 3 is 2.40 bits per heavy atom. The molecule has 1 atom stereocenters. The third-order valence-electron chi connectivity index (χ3n) is 2.89. The van der Waals surface area contributed by atoms with Gasteiger partial charge in [-0.05, 0) is 30.7 Å². The Balaban J connectivity index is 2.26. The van der Waals surface area contributed by atoms with Gasteiger partial charge in [-0.15, -0.1) is 0 Å². The van der Waals surface area contributed by atoms with Gasteiger partial charge in [0.15, 0.2) is 0 Å². The molecule has 0 radical (unpaired) electrons. The van der Waals surface area contributed by atoms with Crippen LogP contribution in [-0.4, -0.2) is 22.7 Å². The van der Waals surface area contributed by atoms with E-state index in [2.05, 4.69) is 5.32 Å². The topological polar surface area (TPSA) is 69.6 Å². The van der Waals surface area contributed by atoms with E-state index in [0.29, 0.717) is 0 Å². The summed E-state index contributed by atoms with van der Waals surface area (Å²) in [5.74, 6) is -0.612. The zero-order valence-corrected chi connectivity index (χ0v) is 8.23. The maximum Gasteiger partial charge on any atom is 0.305 e. The quantitative estimate of drug-likeness (QED) is 0.693. The minimum Gasteiger partial charge on any atom is -0.508 e. The molecule has 0 aliphatic carbocycles. The molecule has 1 heterocycles. The summed E-state index contributed by atoms with van der Waals surface area (Å²) >= 11 is 0. The van der Waals surface area contributed by atoms with Crippen LogP contribution in [0.4, 0.5) is 0 Å². The molecule has 1 aromatic rings. The first-order valence-electron chi connectivity index (χ1n) is 4.89. The SMILES string of the molecule is O=C(O)CC1(c2ccc(O)cc2)CCN1. The van der Waals surface area contributed by atoms with Gasteiger partial charge in [-0.3, -0.25) is 4.79 Å². The molecule has 3 N–H and O–H groups in total. The zero-order valence-electron chi connectivity index (χ0n) is 8.23. The number of hydrogen-bond acceptors (Lipinski definition) is 3. The van der Waals surface area contributed by atoms with E-state index in [9.17, 15) is 4.79 Å². The normalized spacial score (nSPS) is 24.5. The highest BCUT2D eigenvalue weighted by Gasteiger charge is 2.40. The number of carboxylic acid groups (broad SMARTS) is 1. The van der Waals surface area contributed by atoms with Crippen molar-refractivity contribution in [2.75, 3.05) is 6.54 Å². The van der Waals surface area contributed by atoms with Gasteiger partial charge >= 0.3 is 5.97 Å². The molecule has 0 bridgehead atoms. The summed E-state index contributed by atoms with van der Waals surface area (Å²) in [4.78, 5) is 10.8. The van der Waals surface area contributed by atoms with Crippen LogP contribution in [0, 0.1) is 0 Å². The number of rotatable bonds is 3. The molecule has 4 nitrogen and oxygen atoms in total. The number of aliphatic carboxylic acids is 1. The zero-order chi connectivity index (χ0) is 10.9. The lowest BCUT2D eigenvalue weighted by Crippen LogP contribution is -2.55. The number of phenols is 1. The molecule has 1 aromatic carbocycles. The Morgan fingerprint density at radius 2 is 2.00 bits per heavy atom. The van der Waals surface area contributed by atoms with E-state index in [-0.39, 0.29) is 12.2 Å². The van der Waals surface area contributed by atoms with E-state index in [4.69, 9.17) is 10.2 Å². The van der Waals surface area contributed by atoms with Gasteiger partial charge in [0, 0.05) is 0 Å². The first kappa shape index (κ1) is 9.98. The number of benzene rings is 1. The average molecular weight is 207 g/mol. The molecule has 2 rings (SSSR count). The lowest BCUT2D eigenvalue weighted by molar-refractivity contribution is -0.139. The summed E-state index contributed by atoms with van der Waals surface area (Å²) in [6.07, 6.45) is 0.905. The van der Waals surface area contributed by atoms with Crippen molar-refractivity contribution in [1.82, 2.24) is 5.32 Å². The molecule has 0 aromatic heterocycles. The van der Waals surface area contributed by atoms with E-state index < -0.39 is 11.5 Å². The Kier molecular flexibility index (Phi) is 2.36. The van der Waals surface area contributed by atoms with Crippen molar-refractivity contribution in [1.29, 1.82) is 0 Å². The first-order chi connectivity index (χ1) is 7.12. The fraction of sp³-hybridized carbons (Fsp3) is 0.364. The largest absolute Gasteiger partial charge is 0.508 e. The fourth-order valence-corrected chi connectivity index (χ4v) is 1.96. The highest BCUT2D eigenvalue weighted by molar-refractivity contribution is 5.69.